The van der Waals surface area contributed by atoms with E-state index in [1.807, 2.05) is 0 Å². The first kappa shape index (κ1) is 22.1. The number of aromatic nitrogens is 1. The molecule has 180 valence electrons. The van der Waals surface area contributed by atoms with Crippen LogP contribution < -0.4 is 0 Å². The molecule has 3 heterocycles. The average Bonchev–Trinajstić information content (AvgIpc) is 2.98. The first-order chi connectivity index (χ1) is 16.3. The third-order valence-corrected chi connectivity index (χ3v) is 9.20. The van der Waals surface area contributed by atoms with Crippen molar-refractivity contribution >= 4 is 10.9 Å². The minimum absolute atomic E-state index is 0.234. The van der Waals surface area contributed by atoms with Gasteiger partial charge in [0.1, 0.15) is 0 Å². The van der Waals surface area contributed by atoms with E-state index in [9.17, 15) is 5.11 Å². The lowest BCUT2D eigenvalue weighted by Crippen LogP contribution is -2.46. The fourth-order valence-corrected chi connectivity index (χ4v) is 7.55. The lowest BCUT2D eigenvalue weighted by Gasteiger charge is -2.41. The molecule has 4 aliphatic rings. The van der Waals surface area contributed by atoms with Gasteiger partial charge in [0.2, 0.25) is 0 Å². The Morgan fingerprint density at radius 3 is 2.42 bits per heavy atom. The van der Waals surface area contributed by atoms with Crippen LogP contribution in [-0.2, 0) is 13.0 Å². The number of aliphatic hydroxyl groups excluding tert-OH is 1. The van der Waals surface area contributed by atoms with Crippen LogP contribution in [0.2, 0.25) is 0 Å². The second kappa shape index (κ2) is 9.71. The van der Waals surface area contributed by atoms with Crippen molar-refractivity contribution < 1.29 is 5.11 Å². The predicted molar refractivity (Wildman–Crippen MR) is 136 cm³/mol. The largest absolute Gasteiger partial charge is 0.390 e. The highest BCUT2D eigenvalue weighted by atomic mass is 16.3. The number of likely N-dealkylation sites (tertiary alicyclic amines) is 1. The fourth-order valence-electron chi connectivity index (χ4n) is 7.55. The lowest BCUT2D eigenvalue weighted by molar-refractivity contribution is 0.0426. The molecule has 2 atom stereocenters. The molecule has 0 unspecified atom stereocenters. The Balaban J connectivity index is 1.23. The Morgan fingerprint density at radius 2 is 1.61 bits per heavy atom. The van der Waals surface area contributed by atoms with E-state index >= 15 is 0 Å². The van der Waals surface area contributed by atoms with Crippen LogP contribution in [0.5, 0.6) is 0 Å². The molecule has 2 fully saturated rings. The van der Waals surface area contributed by atoms with E-state index in [-0.39, 0.29) is 6.10 Å². The van der Waals surface area contributed by atoms with Gasteiger partial charge >= 0.3 is 0 Å². The van der Waals surface area contributed by atoms with Crippen LogP contribution in [0.1, 0.15) is 99.4 Å². The zero-order chi connectivity index (χ0) is 22.2. The van der Waals surface area contributed by atoms with Crippen LogP contribution >= 0.6 is 0 Å². The summed E-state index contributed by atoms with van der Waals surface area (Å²) < 4.78 is 2.65. The first-order valence-electron chi connectivity index (χ1n) is 14.1. The summed E-state index contributed by atoms with van der Waals surface area (Å²) in [6.07, 6.45) is 15.8. The predicted octanol–water partition coefficient (Wildman–Crippen LogP) is 5.62. The second-order valence-electron chi connectivity index (χ2n) is 11.4. The summed E-state index contributed by atoms with van der Waals surface area (Å²) in [5.74, 6) is 0.775. The number of nitrogens with zero attached hydrogens (tertiary/aromatic N) is 3. The van der Waals surface area contributed by atoms with Gasteiger partial charge in [-0.1, -0.05) is 38.2 Å². The highest BCUT2D eigenvalue weighted by Crippen LogP contribution is 2.44. The second-order valence-corrected chi connectivity index (χ2v) is 11.4. The van der Waals surface area contributed by atoms with Crippen LogP contribution in [0.15, 0.2) is 18.2 Å². The van der Waals surface area contributed by atoms with Gasteiger partial charge in [0, 0.05) is 42.8 Å². The Bertz CT molecular complexity index is 951. The molecule has 6 rings (SSSR count). The first-order valence-corrected chi connectivity index (χ1v) is 14.1. The van der Waals surface area contributed by atoms with Gasteiger partial charge in [-0.3, -0.25) is 4.90 Å². The number of hydrogen-bond donors (Lipinski definition) is 1. The third-order valence-electron chi connectivity index (χ3n) is 9.20. The van der Waals surface area contributed by atoms with Crippen LogP contribution in [0.3, 0.4) is 0 Å². The van der Waals surface area contributed by atoms with Crippen LogP contribution in [-0.4, -0.2) is 58.3 Å². The molecule has 1 saturated carbocycles. The molecule has 1 aromatic carbocycles. The third kappa shape index (κ3) is 4.39. The normalized spacial score (nSPS) is 26.3. The molecule has 0 amide bonds. The van der Waals surface area contributed by atoms with E-state index in [4.69, 9.17) is 0 Å². The van der Waals surface area contributed by atoms with Crippen molar-refractivity contribution in [1.82, 2.24) is 14.4 Å². The van der Waals surface area contributed by atoms with E-state index in [2.05, 4.69) is 32.6 Å². The Morgan fingerprint density at radius 1 is 0.818 bits per heavy atom. The number of β-amino-alcohol motifs (C(OH)–C–C–N with tert-alkyl or cyclic N) is 1. The van der Waals surface area contributed by atoms with E-state index in [0.29, 0.717) is 6.04 Å². The zero-order valence-electron chi connectivity index (χ0n) is 20.5. The molecule has 1 aromatic heterocycles. The monoisotopic (exact) mass is 449 g/mol. The molecule has 33 heavy (non-hydrogen) atoms. The Labute approximate surface area is 199 Å². The van der Waals surface area contributed by atoms with Crippen LogP contribution in [0, 0.1) is 0 Å². The fraction of sp³-hybridized carbons (Fsp3) is 0.724. The summed E-state index contributed by atoms with van der Waals surface area (Å²) in [7, 11) is 0. The van der Waals surface area contributed by atoms with Crippen molar-refractivity contribution in [1.29, 1.82) is 0 Å². The highest BCUT2D eigenvalue weighted by molar-refractivity contribution is 5.87. The van der Waals surface area contributed by atoms with Gasteiger partial charge in [-0.2, -0.15) is 0 Å². The van der Waals surface area contributed by atoms with Crippen molar-refractivity contribution in [2.24, 2.45) is 0 Å². The maximum Gasteiger partial charge on any atom is 0.0794 e. The molecule has 0 spiro atoms. The van der Waals surface area contributed by atoms with E-state index in [0.717, 1.165) is 32.1 Å². The SMILES string of the molecule is O[C@@H](CN1CCCCCC1)CN1CCn2c3c(c4cc(C5CCCCC5)ccc42)CCC[C@@H]31. The van der Waals surface area contributed by atoms with Gasteiger partial charge in [0.25, 0.3) is 0 Å². The Kier molecular flexibility index (Phi) is 6.51. The summed E-state index contributed by atoms with van der Waals surface area (Å²) in [6, 6.07) is 7.96. The number of aryl methyl sites for hydroxylation is 1. The molecule has 0 bridgehead atoms. The van der Waals surface area contributed by atoms with Gasteiger partial charge in [-0.05, 0) is 87.2 Å². The summed E-state index contributed by atoms with van der Waals surface area (Å²) in [6.45, 7) is 6.16. The van der Waals surface area contributed by atoms with Crippen LogP contribution in [0.25, 0.3) is 10.9 Å². The zero-order valence-corrected chi connectivity index (χ0v) is 20.5. The maximum atomic E-state index is 11.0. The maximum absolute atomic E-state index is 11.0. The highest BCUT2D eigenvalue weighted by Gasteiger charge is 2.35. The summed E-state index contributed by atoms with van der Waals surface area (Å²) in [5, 5.41) is 12.6. The minimum atomic E-state index is -0.234. The van der Waals surface area contributed by atoms with Crippen LogP contribution in [0.4, 0.5) is 0 Å². The standard InChI is InChI=1S/C29H43N3O/c33-24(20-30-15-6-1-2-7-16-30)21-31-17-18-32-27-14-13-23(22-9-4-3-5-10-22)19-26(27)25-11-8-12-28(31)29(25)32/h13-14,19,22,24,28,33H,1-12,15-18,20-21H2/t24-,28-/m0/s1. The van der Waals surface area contributed by atoms with Gasteiger partial charge < -0.3 is 14.6 Å². The van der Waals surface area contributed by atoms with Crippen molar-refractivity contribution in [3.63, 3.8) is 0 Å². The molecule has 2 aliphatic carbocycles. The molecule has 2 aromatic rings. The molecule has 2 aliphatic heterocycles. The average molecular weight is 450 g/mol. The van der Waals surface area contributed by atoms with E-state index in [1.165, 1.54) is 95.7 Å². The number of aliphatic hydroxyl groups is 1. The molecular weight excluding hydrogens is 406 g/mol. The lowest BCUT2D eigenvalue weighted by atomic mass is 9.83. The number of fused-ring (bicyclic) bond motifs is 3. The van der Waals surface area contributed by atoms with Crippen molar-refractivity contribution in [2.45, 2.75) is 102 Å². The summed E-state index contributed by atoms with van der Waals surface area (Å²) in [4.78, 5) is 5.14. The van der Waals surface area contributed by atoms with Gasteiger partial charge in [-0.25, -0.2) is 0 Å². The molecule has 4 heteroatoms. The summed E-state index contributed by atoms with van der Waals surface area (Å²) in [5.41, 5.74) is 6.28. The quantitative estimate of drug-likeness (QED) is 0.643. The molecule has 1 N–H and O–H groups in total. The van der Waals surface area contributed by atoms with Crippen molar-refractivity contribution in [2.75, 3.05) is 32.7 Å². The summed E-state index contributed by atoms with van der Waals surface area (Å²) >= 11 is 0. The number of hydrogen-bond acceptors (Lipinski definition) is 3. The molecular formula is C29H43N3O. The molecule has 0 radical (unpaired) electrons. The topological polar surface area (TPSA) is 31.6 Å². The van der Waals surface area contributed by atoms with Gasteiger partial charge in [-0.15, -0.1) is 0 Å². The number of rotatable bonds is 5. The van der Waals surface area contributed by atoms with Crippen molar-refractivity contribution in [3.8, 4) is 0 Å². The van der Waals surface area contributed by atoms with Gasteiger partial charge in [0.05, 0.1) is 12.1 Å². The van der Waals surface area contributed by atoms with Gasteiger partial charge in [0.15, 0.2) is 0 Å². The Hall–Kier alpha value is -1.36. The van der Waals surface area contributed by atoms with E-state index < -0.39 is 0 Å². The molecule has 4 nitrogen and oxygen atoms in total. The van der Waals surface area contributed by atoms with Crippen molar-refractivity contribution in [3.05, 3.63) is 35.0 Å². The number of benzene rings is 1. The molecule has 1 saturated heterocycles. The van der Waals surface area contributed by atoms with E-state index in [1.54, 1.807) is 22.2 Å². The minimum Gasteiger partial charge on any atom is -0.390 e. The smallest absolute Gasteiger partial charge is 0.0794 e.